The van der Waals surface area contributed by atoms with E-state index in [4.69, 9.17) is 4.98 Å². The second kappa shape index (κ2) is 9.72. The van der Waals surface area contributed by atoms with E-state index in [9.17, 15) is 0 Å². The summed E-state index contributed by atoms with van der Waals surface area (Å²) in [7, 11) is 2.18. The van der Waals surface area contributed by atoms with Crippen LogP contribution in [0, 0.1) is 6.92 Å². The van der Waals surface area contributed by atoms with Gasteiger partial charge >= 0.3 is 0 Å². The number of hydrogen-bond donors (Lipinski definition) is 1. The summed E-state index contributed by atoms with van der Waals surface area (Å²) in [5, 5.41) is 7.88. The summed E-state index contributed by atoms with van der Waals surface area (Å²) in [6.45, 7) is 12.6. The van der Waals surface area contributed by atoms with Crippen molar-refractivity contribution in [3.63, 3.8) is 0 Å². The average Bonchev–Trinajstić information content (AvgIpc) is 3.30. The maximum absolute atomic E-state index is 4.77. The molecule has 0 aliphatic carbocycles. The van der Waals surface area contributed by atoms with Crippen LogP contribution in [0.5, 0.6) is 0 Å². The van der Waals surface area contributed by atoms with Crippen molar-refractivity contribution in [3.8, 4) is 0 Å². The maximum Gasteiger partial charge on any atom is 0.0760 e. The molecular formula is C28H31N7. The Morgan fingerprint density at radius 1 is 1.06 bits per heavy atom. The van der Waals surface area contributed by atoms with Crippen molar-refractivity contribution in [2.45, 2.75) is 13.8 Å². The van der Waals surface area contributed by atoms with E-state index in [1.54, 1.807) is 12.4 Å². The molecule has 1 N–H and O–H groups in total. The van der Waals surface area contributed by atoms with Gasteiger partial charge in [-0.25, -0.2) is 4.52 Å². The van der Waals surface area contributed by atoms with Crippen LogP contribution in [0.4, 0.5) is 11.4 Å². The molecule has 1 aliphatic rings. The second-order valence-electron chi connectivity index (χ2n) is 8.97. The number of likely N-dealkylation sites (N-methyl/N-ethyl adjacent to an activating group) is 1. The molecule has 0 saturated carbocycles. The number of rotatable bonds is 6. The molecule has 1 saturated heterocycles. The van der Waals surface area contributed by atoms with E-state index in [1.165, 1.54) is 5.69 Å². The molecule has 178 valence electrons. The summed E-state index contributed by atoms with van der Waals surface area (Å²) in [6.07, 6.45) is 11.6. The first kappa shape index (κ1) is 22.8. The fraction of sp³-hybridized carbons (Fsp3) is 0.250. The minimum Gasteiger partial charge on any atom is -0.368 e. The zero-order valence-corrected chi connectivity index (χ0v) is 20.6. The second-order valence-corrected chi connectivity index (χ2v) is 8.97. The maximum atomic E-state index is 4.77. The molecule has 35 heavy (non-hydrogen) atoms. The lowest BCUT2D eigenvalue weighted by molar-refractivity contribution is 0.313. The Hall–Kier alpha value is -3.97. The van der Waals surface area contributed by atoms with Crippen molar-refractivity contribution in [3.05, 3.63) is 96.4 Å². The van der Waals surface area contributed by atoms with E-state index in [-0.39, 0.29) is 0 Å². The lowest BCUT2D eigenvalue weighted by atomic mass is 9.96. The van der Waals surface area contributed by atoms with E-state index in [0.29, 0.717) is 0 Å². The highest BCUT2D eigenvalue weighted by Gasteiger charge is 2.18. The minimum absolute atomic E-state index is 0.780. The smallest absolute Gasteiger partial charge is 0.0760 e. The molecule has 5 rings (SSSR count). The number of piperazine rings is 1. The number of pyridine rings is 3. The van der Waals surface area contributed by atoms with Crippen LogP contribution >= 0.6 is 0 Å². The largest absolute Gasteiger partial charge is 0.368 e. The van der Waals surface area contributed by atoms with E-state index >= 15 is 0 Å². The minimum atomic E-state index is 0.780. The van der Waals surface area contributed by atoms with Crippen molar-refractivity contribution in [2.75, 3.05) is 43.4 Å². The van der Waals surface area contributed by atoms with Crippen molar-refractivity contribution in [1.29, 1.82) is 0 Å². The zero-order chi connectivity index (χ0) is 24.4. The molecule has 1 aliphatic heterocycles. The van der Waals surface area contributed by atoms with Crippen LogP contribution in [0.15, 0.2) is 74.0 Å². The third kappa shape index (κ3) is 4.68. The van der Waals surface area contributed by atoms with Gasteiger partial charge in [-0.1, -0.05) is 12.7 Å². The van der Waals surface area contributed by atoms with E-state index < -0.39 is 0 Å². The van der Waals surface area contributed by atoms with Gasteiger partial charge in [-0.05, 0) is 62.4 Å². The molecule has 4 aromatic heterocycles. The summed E-state index contributed by atoms with van der Waals surface area (Å²) >= 11 is 0. The average molecular weight is 466 g/mol. The molecule has 1 fully saturated rings. The van der Waals surface area contributed by atoms with E-state index in [2.05, 4.69) is 76.9 Å². The molecule has 7 heteroatoms. The van der Waals surface area contributed by atoms with Crippen LogP contribution in [0.25, 0.3) is 16.8 Å². The van der Waals surface area contributed by atoms with E-state index in [1.807, 2.05) is 35.2 Å². The Labute approximate surface area is 206 Å². The first-order chi connectivity index (χ1) is 17.0. The van der Waals surface area contributed by atoms with Gasteiger partial charge in [0.05, 0.1) is 35.5 Å². The number of hydrogen-bond acceptors (Lipinski definition) is 6. The predicted molar refractivity (Wildman–Crippen MR) is 144 cm³/mol. The van der Waals surface area contributed by atoms with Crippen LogP contribution in [-0.4, -0.2) is 57.7 Å². The molecule has 0 amide bonds. The summed E-state index contributed by atoms with van der Waals surface area (Å²) < 4.78 is 1.88. The summed E-state index contributed by atoms with van der Waals surface area (Å²) in [6, 6.07) is 10.4. The van der Waals surface area contributed by atoms with Crippen molar-refractivity contribution >= 4 is 28.2 Å². The summed E-state index contributed by atoms with van der Waals surface area (Å²) in [5.41, 5.74) is 9.25. The van der Waals surface area contributed by atoms with Crippen LogP contribution in [0.2, 0.25) is 0 Å². The lowest BCUT2D eigenvalue weighted by Crippen LogP contribution is -2.44. The van der Waals surface area contributed by atoms with Crippen molar-refractivity contribution in [1.82, 2.24) is 24.5 Å². The molecule has 5 heterocycles. The normalized spacial score (nSPS) is 14.9. The van der Waals surface area contributed by atoms with Gasteiger partial charge in [0.1, 0.15) is 0 Å². The standard InChI is InChI=1S/C28H31N7/c1-5-25(26-16-24(18-30-20(26)2)34-13-11-33(4)12-14-34)22-8-10-35-28(15-22)27(19-31-35)21(3)32-23-7-6-9-29-17-23/h5-10,15-19,32H,3,11-14H2,1-2,4H3/b25-5-. The SMILES string of the molecule is C=C(Nc1cccnc1)c1cnn2ccc(/C(=C/C)c3cc(N4CCN(C)CC4)cnc3C)cc12. The van der Waals surface area contributed by atoms with Crippen LogP contribution in [-0.2, 0) is 0 Å². The third-order valence-corrected chi connectivity index (χ3v) is 6.63. The number of aromatic nitrogens is 4. The zero-order valence-electron chi connectivity index (χ0n) is 20.6. The van der Waals surface area contributed by atoms with Gasteiger partial charge in [-0.2, -0.15) is 5.10 Å². The van der Waals surface area contributed by atoms with Gasteiger partial charge < -0.3 is 15.1 Å². The van der Waals surface area contributed by atoms with Crippen molar-refractivity contribution in [2.24, 2.45) is 0 Å². The molecule has 0 aromatic carbocycles. The lowest BCUT2D eigenvalue weighted by Gasteiger charge is -2.34. The van der Waals surface area contributed by atoms with Crippen LogP contribution in [0.1, 0.15) is 29.3 Å². The van der Waals surface area contributed by atoms with Gasteiger partial charge in [0.15, 0.2) is 0 Å². The fourth-order valence-electron chi connectivity index (χ4n) is 4.57. The molecule has 0 bridgehead atoms. The Morgan fingerprint density at radius 2 is 1.89 bits per heavy atom. The quantitative estimate of drug-likeness (QED) is 0.445. The molecule has 7 nitrogen and oxygen atoms in total. The number of nitrogens with zero attached hydrogens (tertiary/aromatic N) is 6. The molecule has 4 aromatic rings. The molecule has 0 atom stereocenters. The Kier molecular flexibility index (Phi) is 6.33. The van der Waals surface area contributed by atoms with Crippen LogP contribution < -0.4 is 10.2 Å². The van der Waals surface area contributed by atoms with Crippen molar-refractivity contribution < 1.29 is 0 Å². The number of aryl methyl sites for hydroxylation is 1. The number of nitrogens with one attached hydrogen (secondary N) is 1. The Morgan fingerprint density at radius 3 is 2.63 bits per heavy atom. The van der Waals surface area contributed by atoms with Gasteiger partial charge in [0, 0.05) is 61.1 Å². The van der Waals surface area contributed by atoms with E-state index in [0.717, 1.165) is 71.0 Å². The van der Waals surface area contributed by atoms with Gasteiger partial charge in [0.25, 0.3) is 0 Å². The predicted octanol–water partition coefficient (Wildman–Crippen LogP) is 4.72. The molecular weight excluding hydrogens is 434 g/mol. The first-order valence-electron chi connectivity index (χ1n) is 11.9. The first-order valence-corrected chi connectivity index (χ1v) is 11.9. The molecule has 0 spiro atoms. The number of anilines is 2. The fourth-order valence-corrected chi connectivity index (χ4v) is 4.57. The summed E-state index contributed by atoms with van der Waals surface area (Å²) in [4.78, 5) is 13.7. The van der Waals surface area contributed by atoms with Crippen LogP contribution in [0.3, 0.4) is 0 Å². The highest BCUT2D eigenvalue weighted by Crippen LogP contribution is 2.31. The monoisotopic (exact) mass is 465 g/mol. The van der Waals surface area contributed by atoms with Gasteiger partial charge in [-0.15, -0.1) is 0 Å². The Bertz CT molecular complexity index is 1380. The topological polar surface area (TPSA) is 61.6 Å². The Balaban J connectivity index is 1.48. The van der Waals surface area contributed by atoms with Gasteiger partial charge in [-0.3, -0.25) is 9.97 Å². The highest BCUT2D eigenvalue weighted by atomic mass is 15.2. The number of allylic oxidation sites excluding steroid dienone is 1. The summed E-state index contributed by atoms with van der Waals surface area (Å²) in [5.74, 6) is 0. The third-order valence-electron chi connectivity index (χ3n) is 6.63. The highest BCUT2D eigenvalue weighted by molar-refractivity contribution is 5.87. The number of fused-ring (bicyclic) bond motifs is 1. The van der Waals surface area contributed by atoms with Gasteiger partial charge in [0.2, 0.25) is 0 Å². The molecule has 0 radical (unpaired) electrons. The molecule has 0 unspecified atom stereocenters.